The lowest BCUT2D eigenvalue weighted by atomic mass is 10.0. The maximum Gasteiger partial charge on any atom is 0.269 e. The van der Waals surface area contributed by atoms with Crippen molar-refractivity contribution >= 4 is 11.7 Å². The number of carbonyl (C=O) groups excluding carboxylic acids is 1. The second-order valence-electron chi connectivity index (χ2n) is 5.63. The number of rotatable bonds is 7. The number of aliphatic hydroxyl groups excluding tert-OH is 1. The largest absolute Gasteiger partial charge is 0.395 e. The van der Waals surface area contributed by atoms with Crippen LogP contribution in [0.1, 0.15) is 43.4 Å². The van der Waals surface area contributed by atoms with Crippen molar-refractivity contribution in [2.24, 2.45) is 4.99 Å². The first kappa shape index (κ1) is 18.6. The third kappa shape index (κ3) is 6.45. The zero-order valence-corrected chi connectivity index (χ0v) is 13.8. The predicted molar refractivity (Wildman–Crippen MR) is 87.9 cm³/mol. The van der Waals surface area contributed by atoms with E-state index >= 15 is 0 Å². The first-order valence-electron chi connectivity index (χ1n) is 7.50. The van der Waals surface area contributed by atoms with E-state index in [-0.39, 0.29) is 30.3 Å². The highest BCUT2D eigenvalue weighted by molar-refractivity contribution is 5.92. The predicted octanol–water partition coefficient (Wildman–Crippen LogP) is 1.00. The highest BCUT2D eigenvalue weighted by Gasteiger charge is 2.15. The van der Waals surface area contributed by atoms with E-state index in [1.165, 1.54) is 0 Å². The highest BCUT2D eigenvalue weighted by atomic mass is 16.3. The number of amidine groups is 1. The molecule has 0 atom stereocenters. The van der Waals surface area contributed by atoms with Gasteiger partial charge in [-0.05, 0) is 32.4 Å². The van der Waals surface area contributed by atoms with Crippen molar-refractivity contribution in [1.29, 1.82) is 5.26 Å². The van der Waals surface area contributed by atoms with Crippen LogP contribution >= 0.6 is 0 Å². The van der Waals surface area contributed by atoms with E-state index in [1.54, 1.807) is 18.2 Å². The molecule has 23 heavy (non-hydrogen) atoms. The fourth-order valence-corrected chi connectivity index (χ4v) is 1.76. The Labute approximate surface area is 136 Å². The maximum absolute atomic E-state index is 11.9. The molecule has 1 rings (SSSR count). The molecule has 7 heteroatoms. The Morgan fingerprint density at radius 2 is 2.22 bits per heavy atom. The van der Waals surface area contributed by atoms with Gasteiger partial charge in [-0.15, -0.1) is 0 Å². The third-order valence-electron chi connectivity index (χ3n) is 3.29. The van der Waals surface area contributed by atoms with Gasteiger partial charge >= 0.3 is 0 Å². The number of aliphatic imine (C=N–C) groups is 1. The summed E-state index contributed by atoms with van der Waals surface area (Å²) < 4.78 is 0. The van der Waals surface area contributed by atoms with Crippen LogP contribution in [0.4, 0.5) is 0 Å². The summed E-state index contributed by atoms with van der Waals surface area (Å²) in [4.78, 5) is 20.7. The van der Waals surface area contributed by atoms with Crippen LogP contribution in [0.3, 0.4) is 0 Å². The van der Waals surface area contributed by atoms with Gasteiger partial charge in [-0.3, -0.25) is 15.1 Å². The minimum atomic E-state index is -0.346. The molecule has 1 amide bonds. The first-order valence-corrected chi connectivity index (χ1v) is 7.50. The molecule has 1 aromatic heterocycles. The second-order valence-corrected chi connectivity index (χ2v) is 5.63. The van der Waals surface area contributed by atoms with Crippen molar-refractivity contribution in [3.05, 3.63) is 29.6 Å². The number of nitrogens with zero attached hydrogens (tertiary/aromatic N) is 3. The quantitative estimate of drug-likeness (QED) is 0.301. The number of pyridine rings is 1. The molecule has 7 nitrogen and oxygen atoms in total. The number of aromatic nitrogens is 1. The summed E-state index contributed by atoms with van der Waals surface area (Å²) in [7, 11) is 0. The summed E-state index contributed by atoms with van der Waals surface area (Å²) in [5.41, 5.74) is 0.618. The summed E-state index contributed by atoms with van der Waals surface area (Å²) in [6.45, 7) is 6.05. The average Bonchev–Trinajstić information content (AvgIpc) is 2.52. The molecule has 0 fully saturated rings. The molecule has 0 aliphatic rings. The molecule has 1 aromatic rings. The number of nitrogens with one attached hydrogen (secondary N) is 2. The Morgan fingerprint density at radius 1 is 1.48 bits per heavy atom. The van der Waals surface area contributed by atoms with Crippen molar-refractivity contribution in [1.82, 2.24) is 15.6 Å². The molecule has 124 valence electrons. The number of nitriles is 1. The van der Waals surface area contributed by atoms with E-state index in [2.05, 4.69) is 20.6 Å². The van der Waals surface area contributed by atoms with Gasteiger partial charge in [-0.1, -0.05) is 13.0 Å². The van der Waals surface area contributed by atoms with Gasteiger partial charge in [-0.2, -0.15) is 5.26 Å². The third-order valence-corrected chi connectivity index (χ3v) is 3.29. The van der Waals surface area contributed by atoms with Crippen LogP contribution in [0.2, 0.25) is 0 Å². The van der Waals surface area contributed by atoms with E-state index in [0.29, 0.717) is 18.0 Å². The van der Waals surface area contributed by atoms with Gasteiger partial charge in [0.15, 0.2) is 6.19 Å². The van der Waals surface area contributed by atoms with Crippen LogP contribution in [0, 0.1) is 11.5 Å². The second kappa shape index (κ2) is 8.86. The van der Waals surface area contributed by atoms with Crippen LogP contribution in [0.5, 0.6) is 0 Å². The van der Waals surface area contributed by atoms with Crippen molar-refractivity contribution in [3.8, 4) is 6.19 Å². The Balaban J connectivity index is 2.93. The molecule has 1 heterocycles. The monoisotopic (exact) mass is 317 g/mol. The molecule has 0 bridgehead atoms. The van der Waals surface area contributed by atoms with Crippen LogP contribution in [0.15, 0.2) is 23.2 Å². The van der Waals surface area contributed by atoms with E-state index < -0.39 is 0 Å². The summed E-state index contributed by atoms with van der Waals surface area (Å²) in [6.07, 6.45) is 3.05. The first-order chi connectivity index (χ1) is 10.9. The minimum absolute atomic E-state index is 0.125. The lowest BCUT2D eigenvalue weighted by Crippen LogP contribution is -2.29. The lowest BCUT2D eigenvalue weighted by Gasteiger charge is -2.19. The molecule has 0 spiro atoms. The van der Waals surface area contributed by atoms with Gasteiger partial charge < -0.3 is 10.4 Å². The molecule has 0 radical (unpaired) electrons. The van der Waals surface area contributed by atoms with Gasteiger partial charge in [0.05, 0.1) is 12.1 Å². The zero-order chi connectivity index (χ0) is 17.3. The summed E-state index contributed by atoms with van der Waals surface area (Å²) in [5, 5.41) is 22.7. The lowest BCUT2D eigenvalue weighted by molar-refractivity contribution is 0.0939. The van der Waals surface area contributed by atoms with E-state index in [9.17, 15) is 4.79 Å². The molecule has 0 saturated heterocycles. The van der Waals surface area contributed by atoms with E-state index in [0.717, 1.165) is 6.42 Å². The van der Waals surface area contributed by atoms with Gasteiger partial charge in [-0.25, -0.2) is 4.98 Å². The van der Waals surface area contributed by atoms with E-state index in [4.69, 9.17) is 10.4 Å². The van der Waals surface area contributed by atoms with Crippen LogP contribution in [0.25, 0.3) is 0 Å². The SMILES string of the molecule is CCC(C)(C)N=C(Cc1cccc(C(=O)NCCO)n1)NC#N. The van der Waals surface area contributed by atoms with Crippen molar-refractivity contribution in [2.75, 3.05) is 13.2 Å². The van der Waals surface area contributed by atoms with Gasteiger partial charge in [0, 0.05) is 18.7 Å². The Hall–Kier alpha value is -2.46. The molecular weight excluding hydrogens is 294 g/mol. The number of amides is 1. The van der Waals surface area contributed by atoms with Crippen LogP contribution in [-0.4, -0.2) is 40.5 Å². The molecule has 0 aliphatic carbocycles. The molecule has 0 unspecified atom stereocenters. The standard InChI is InChI=1S/C16H23N5O2/c1-4-16(2,3)21-14(19-11-17)10-12-6-5-7-13(20-12)15(23)18-8-9-22/h5-7,22H,4,8-10H2,1-3H3,(H,18,23)(H,19,21). The number of hydrogen-bond acceptors (Lipinski definition) is 5. The van der Waals surface area contributed by atoms with Crippen LogP contribution < -0.4 is 10.6 Å². The Bertz CT molecular complexity index is 605. The number of aliphatic hydroxyl groups is 1. The highest BCUT2D eigenvalue weighted by Crippen LogP contribution is 2.14. The zero-order valence-electron chi connectivity index (χ0n) is 13.8. The normalized spacial score (nSPS) is 11.7. The van der Waals surface area contributed by atoms with Crippen molar-refractivity contribution < 1.29 is 9.90 Å². The topological polar surface area (TPSA) is 110 Å². The maximum atomic E-state index is 11.9. The smallest absolute Gasteiger partial charge is 0.269 e. The fraction of sp³-hybridized carbons (Fsp3) is 0.500. The Morgan fingerprint density at radius 3 is 2.83 bits per heavy atom. The van der Waals surface area contributed by atoms with Crippen molar-refractivity contribution in [3.63, 3.8) is 0 Å². The fourth-order valence-electron chi connectivity index (χ4n) is 1.76. The van der Waals surface area contributed by atoms with Gasteiger partial charge in [0.2, 0.25) is 0 Å². The molecular formula is C16H23N5O2. The van der Waals surface area contributed by atoms with Crippen LogP contribution in [-0.2, 0) is 6.42 Å². The number of hydrogen-bond donors (Lipinski definition) is 3. The summed E-state index contributed by atoms with van der Waals surface area (Å²) in [5.74, 6) is 0.168. The van der Waals surface area contributed by atoms with Crippen molar-refractivity contribution in [2.45, 2.75) is 39.2 Å². The molecule has 0 saturated carbocycles. The van der Waals surface area contributed by atoms with Gasteiger partial charge in [0.25, 0.3) is 5.91 Å². The summed E-state index contributed by atoms with van der Waals surface area (Å²) in [6, 6.07) is 5.10. The minimum Gasteiger partial charge on any atom is -0.395 e. The molecule has 0 aromatic carbocycles. The number of carbonyl (C=O) groups is 1. The average molecular weight is 317 g/mol. The van der Waals surface area contributed by atoms with Gasteiger partial charge in [0.1, 0.15) is 11.5 Å². The molecule has 3 N–H and O–H groups in total. The Kier molecular flexibility index (Phi) is 7.16. The molecule has 0 aliphatic heterocycles. The van der Waals surface area contributed by atoms with E-state index in [1.807, 2.05) is 27.0 Å². The summed E-state index contributed by atoms with van der Waals surface area (Å²) >= 11 is 0.